The SMILES string of the molecule is CCOCCCCCCCCCCC[Si](Cl)(Cl)Cl. The minimum atomic E-state index is -2.35. The molecule has 18 heavy (non-hydrogen) atoms. The second-order valence-corrected chi connectivity index (χ2v) is 14.0. The normalized spacial score (nSPS) is 12.0. The molecule has 0 aliphatic rings. The van der Waals surface area contributed by atoms with E-state index in [0.717, 1.165) is 25.7 Å². The van der Waals surface area contributed by atoms with E-state index in [9.17, 15) is 0 Å². The highest BCUT2D eigenvalue weighted by atomic mass is 35.8. The van der Waals surface area contributed by atoms with Crippen molar-refractivity contribution in [2.75, 3.05) is 13.2 Å². The Kier molecular flexibility index (Phi) is 13.8. The maximum Gasteiger partial charge on any atom is 0.341 e. The minimum Gasteiger partial charge on any atom is -0.382 e. The molecular weight excluding hydrogens is 307 g/mol. The van der Waals surface area contributed by atoms with Crippen LogP contribution in [0.4, 0.5) is 0 Å². The van der Waals surface area contributed by atoms with Crippen LogP contribution in [-0.2, 0) is 4.74 Å². The van der Waals surface area contributed by atoms with Gasteiger partial charge >= 0.3 is 6.00 Å². The lowest BCUT2D eigenvalue weighted by molar-refractivity contribution is 0.143. The molecule has 0 atom stereocenters. The molecule has 110 valence electrons. The van der Waals surface area contributed by atoms with Crippen molar-refractivity contribution in [3.63, 3.8) is 0 Å². The van der Waals surface area contributed by atoms with Gasteiger partial charge in [0, 0.05) is 13.2 Å². The van der Waals surface area contributed by atoms with Crippen LogP contribution >= 0.6 is 33.2 Å². The zero-order valence-electron chi connectivity index (χ0n) is 11.5. The molecule has 0 bridgehead atoms. The third-order valence-electron chi connectivity index (χ3n) is 2.95. The van der Waals surface area contributed by atoms with E-state index >= 15 is 0 Å². The van der Waals surface area contributed by atoms with Crippen LogP contribution in [0.15, 0.2) is 0 Å². The summed E-state index contributed by atoms with van der Waals surface area (Å²) in [6.45, 7) is 3.82. The smallest absolute Gasteiger partial charge is 0.341 e. The fraction of sp³-hybridized carbons (Fsp3) is 1.00. The Bertz CT molecular complexity index is 174. The van der Waals surface area contributed by atoms with Gasteiger partial charge in [0.2, 0.25) is 0 Å². The number of ether oxygens (including phenoxy) is 1. The highest BCUT2D eigenvalue weighted by Gasteiger charge is 2.23. The molecule has 0 rings (SSSR count). The molecule has 0 heterocycles. The number of halogens is 3. The van der Waals surface area contributed by atoms with Crippen LogP contribution in [0, 0.1) is 0 Å². The molecule has 0 aromatic carbocycles. The lowest BCUT2D eigenvalue weighted by atomic mass is 10.1. The van der Waals surface area contributed by atoms with Crippen molar-refractivity contribution in [2.24, 2.45) is 0 Å². The summed E-state index contributed by atoms with van der Waals surface area (Å²) in [4.78, 5) is 0. The Morgan fingerprint density at radius 2 is 1.17 bits per heavy atom. The summed E-state index contributed by atoms with van der Waals surface area (Å²) in [7, 11) is 0. The molecule has 0 saturated heterocycles. The highest BCUT2D eigenvalue weighted by molar-refractivity contribution is 7.64. The molecule has 0 aliphatic heterocycles. The van der Waals surface area contributed by atoms with E-state index in [2.05, 4.69) is 0 Å². The van der Waals surface area contributed by atoms with Crippen LogP contribution < -0.4 is 0 Å². The van der Waals surface area contributed by atoms with Crippen molar-refractivity contribution < 1.29 is 4.74 Å². The van der Waals surface area contributed by atoms with Crippen molar-refractivity contribution in [1.82, 2.24) is 0 Å². The van der Waals surface area contributed by atoms with Crippen LogP contribution in [0.3, 0.4) is 0 Å². The Labute approximate surface area is 128 Å². The van der Waals surface area contributed by atoms with Crippen LogP contribution in [0.2, 0.25) is 6.04 Å². The fourth-order valence-electron chi connectivity index (χ4n) is 1.91. The van der Waals surface area contributed by atoms with Gasteiger partial charge in [0.05, 0.1) is 0 Å². The van der Waals surface area contributed by atoms with E-state index in [1.807, 2.05) is 6.92 Å². The molecule has 0 aliphatic carbocycles. The predicted molar refractivity (Wildman–Crippen MR) is 86.2 cm³/mol. The number of rotatable bonds is 13. The van der Waals surface area contributed by atoms with Gasteiger partial charge in [-0.05, 0) is 19.4 Å². The first-order valence-electron chi connectivity index (χ1n) is 7.20. The molecule has 5 heteroatoms. The molecule has 0 fully saturated rings. The van der Waals surface area contributed by atoms with Crippen molar-refractivity contribution in [3.8, 4) is 0 Å². The fourth-order valence-corrected chi connectivity index (χ4v) is 3.76. The van der Waals surface area contributed by atoms with Gasteiger partial charge in [0.15, 0.2) is 0 Å². The van der Waals surface area contributed by atoms with E-state index in [1.165, 1.54) is 51.4 Å². The zero-order chi connectivity index (χ0) is 13.7. The highest BCUT2D eigenvalue weighted by Crippen LogP contribution is 2.27. The summed E-state index contributed by atoms with van der Waals surface area (Å²) in [5, 5.41) is 0. The zero-order valence-corrected chi connectivity index (χ0v) is 14.8. The summed E-state index contributed by atoms with van der Waals surface area (Å²) in [5.41, 5.74) is 0. The van der Waals surface area contributed by atoms with E-state index in [1.54, 1.807) is 0 Å². The van der Waals surface area contributed by atoms with E-state index in [-0.39, 0.29) is 0 Å². The summed E-state index contributed by atoms with van der Waals surface area (Å²) in [5.74, 6) is 0. The van der Waals surface area contributed by atoms with Gasteiger partial charge in [-0.1, -0.05) is 51.4 Å². The van der Waals surface area contributed by atoms with E-state index in [0.29, 0.717) is 0 Å². The van der Waals surface area contributed by atoms with Crippen LogP contribution in [0.25, 0.3) is 0 Å². The van der Waals surface area contributed by atoms with Crippen LogP contribution in [0.5, 0.6) is 0 Å². The van der Waals surface area contributed by atoms with Gasteiger partial charge in [-0.25, -0.2) is 0 Å². The Balaban J connectivity index is 2.99. The third kappa shape index (κ3) is 17.0. The Hall–Kier alpha value is 1.05. The van der Waals surface area contributed by atoms with Crippen LogP contribution in [0.1, 0.15) is 64.7 Å². The minimum absolute atomic E-state index is 0.815. The summed E-state index contributed by atoms with van der Waals surface area (Å²) < 4.78 is 5.30. The average molecular weight is 334 g/mol. The largest absolute Gasteiger partial charge is 0.382 e. The standard InChI is InChI=1S/C13H27Cl3OSi/c1-2-17-12-10-8-6-4-3-5-7-9-11-13-18(14,15)16/h2-13H2,1H3. The second kappa shape index (κ2) is 13.0. The average Bonchev–Trinajstić information content (AvgIpc) is 2.29. The molecule has 0 aromatic rings. The van der Waals surface area contributed by atoms with Gasteiger partial charge < -0.3 is 4.74 Å². The molecule has 0 unspecified atom stereocenters. The molecule has 0 spiro atoms. The topological polar surface area (TPSA) is 9.23 Å². The molecule has 0 saturated carbocycles. The lowest BCUT2D eigenvalue weighted by Gasteiger charge is -2.06. The third-order valence-corrected chi connectivity index (χ3v) is 5.57. The number of hydrogen-bond acceptors (Lipinski definition) is 1. The van der Waals surface area contributed by atoms with E-state index in [4.69, 9.17) is 38.0 Å². The van der Waals surface area contributed by atoms with Gasteiger partial charge in [-0.2, -0.15) is 0 Å². The van der Waals surface area contributed by atoms with Crippen LogP contribution in [-0.4, -0.2) is 19.2 Å². The van der Waals surface area contributed by atoms with Gasteiger partial charge in [-0.15, -0.1) is 33.2 Å². The first-order chi connectivity index (χ1) is 8.56. The van der Waals surface area contributed by atoms with E-state index < -0.39 is 6.00 Å². The summed E-state index contributed by atoms with van der Waals surface area (Å²) in [6.07, 6.45) is 11.5. The van der Waals surface area contributed by atoms with Crippen molar-refractivity contribution in [1.29, 1.82) is 0 Å². The second-order valence-electron chi connectivity index (χ2n) is 4.74. The number of hydrogen-bond donors (Lipinski definition) is 0. The van der Waals surface area contributed by atoms with Crippen molar-refractivity contribution in [2.45, 2.75) is 70.8 Å². The van der Waals surface area contributed by atoms with Gasteiger partial charge in [-0.3, -0.25) is 0 Å². The maximum atomic E-state index is 5.83. The monoisotopic (exact) mass is 332 g/mol. The molecule has 0 amide bonds. The van der Waals surface area contributed by atoms with Gasteiger partial charge in [0.1, 0.15) is 0 Å². The van der Waals surface area contributed by atoms with Crippen molar-refractivity contribution in [3.05, 3.63) is 0 Å². The molecule has 0 N–H and O–H groups in total. The molecular formula is C13H27Cl3OSi. The van der Waals surface area contributed by atoms with Gasteiger partial charge in [0.25, 0.3) is 0 Å². The quantitative estimate of drug-likeness (QED) is 0.222. The molecule has 0 radical (unpaired) electrons. The summed E-state index contributed by atoms with van der Waals surface area (Å²) >= 11 is 17.5. The lowest BCUT2D eigenvalue weighted by Crippen LogP contribution is -2.07. The van der Waals surface area contributed by atoms with Crippen molar-refractivity contribution >= 4 is 39.2 Å². The molecule has 0 aromatic heterocycles. The predicted octanol–water partition coefficient (Wildman–Crippen LogP) is 6.19. The first kappa shape index (κ1) is 19.0. The Morgan fingerprint density at radius 1 is 0.722 bits per heavy atom. The first-order valence-corrected chi connectivity index (χ1v) is 12.4. The number of unbranched alkanes of at least 4 members (excludes halogenated alkanes) is 8. The summed E-state index contributed by atoms with van der Waals surface area (Å²) in [6, 6.07) is -1.54. The Morgan fingerprint density at radius 3 is 1.61 bits per heavy atom. The maximum absolute atomic E-state index is 5.83. The molecule has 1 nitrogen and oxygen atoms in total.